The maximum atomic E-state index is 5.46. The molecule has 0 amide bonds. The quantitative estimate of drug-likeness (QED) is 0.670. The van der Waals surface area contributed by atoms with Gasteiger partial charge in [-0.05, 0) is 6.92 Å². The highest BCUT2D eigenvalue weighted by Crippen LogP contribution is 2.14. The molecule has 5 nitrogen and oxygen atoms in total. The smallest absolute Gasteiger partial charge is 0.145 e. The molecular weight excluding hydrogens is 166 g/mol. The third-order valence-electron chi connectivity index (χ3n) is 1.65. The highest BCUT2D eigenvalue weighted by Gasteiger charge is 2.02. The molecule has 0 saturated carbocycles. The maximum absolute atomic E-state index is 5.46. The number of H-pyrrole nitrogens is 1. The van der Waals surface area contributed by atoms with Crippen LogP contribution in [0.25, 0.3) is 11.4 Å². The number of nitrogens with two attached hydrogens (primary N) is 1. The van der Waals surface area contributed by atoms with Gasteiger partial charge in [0.05, 0.1) is 17.6 Å². The van der Waals surface area contributed by atoms with Crippen molar-refractivity contribution in [1.29, 1.82) is 0 Å². The number of hydrogen-bond acceptors (Lipinski definition) is 4. The fourth-order valence-electron chi connectivity index (χ4n) is 1.00. The maximum Gasteiger partial charge on any atom is 0.145 e. The van der Waals surface area contributed by atoms with E-state index < -0.39 is 0 Å². The zero-order valence-electron chi connectivity index (χ0n) is 7.15. The van der Waals surface area contributed by atoms with Crippen LogP contribution in [0.2, 0.25) is 0 Å². The van der Waals surface area contributed by atoms with E-state index in [0.717, 1.165) is 17.1 Å². The van der Waals surface area contributed by atoms with Gasteiger partial charge in [-0.2, -0.15) is 5.10 Å². The minimum absolute atomic E-state index is 0.456. The summed E-state index contributed by atoms with van der Waals surface area (Å²) in [4.78, 5) is 8.29. The van der Waals surface area contributed by atoms with E-state index in [-0.39, 0.29) is 0 Å². The molecule has 13 heavy (non-hydrogen) atoms. The lowest BCUT2D eigenvalue weighted by molar-refractivity contribution is 1.07. The average Bonchev–Trinajstić information content (AvgIpc) is 2.53. The molecule has 5 heteroatoms. The summed E-state index contributed by atoms with van der Waals surface area (Å²) in [6, 6.07) is 1.72. The molecule has 0 radical (unpaired) electrons. The van der Waals surface area contributed by atoms with Crippen LogP contribution in [-0.4, -0.2) is 20.2 Å². The molecule has 0 aliphatic carbocycles. The Kier molecular flexibility index (Phi) is 1.70. The Morgan fingerprint density at radius 2 is 2.15 bits per heavy atom. The normalized spacial score (nSPS) is 10.2. The van der Waals surface area contributed by atoms with Crippen LogP contribution in [0.1, 0.15) is 5.69 Å². The third kappa shape index (κ3) is 1.48. The molecule has 2 heterocycles. The van der Waals surface area contributed by atoms with Crippen molar-refractivity contribution in [2.45, 2.75) is 6.92 Å². The van der Waals surface area contributed by atoms with Crippen LogP contribution in [0, 0.1) is 6.92 Å². The van der Waals surface area contributed by atoms with Crippen molar-refractivity contribution >= 4 is 5.82 Å². The summed E-state index contributed by atoms with van der Waals surface area (Å²) in [6.45, 7) is 1.89. The van der Waals surface area contributed by atoms with Crippen molar-refractivity contribution < 1.29 is 0 Å². The number of nitrogens with zero attached hydrogens (tertiary/aromatic N) is 3. The van der Waals surface area contributed by atoms with Crippen molar-refractivity contribution in [1.82, 2.24) is 20.2 Å². The Morgan fingerprint density at radius 1 is 1.31 bits per heavy atom. The first-order valence-corrected chi connectivity index (χ1v) is 3.85. The van der Waals surface area contributed by atoms with Gasteiger partial charge in [-0.1, -0.05) is 0 Å². The highest BCUT2D eigenvalue weighted by atomic mass is 15.2. The topological polar surface area (TPSA) is 80.5 Å². The number of nitrogen functional groups attached to an aromatic ring is 1. The van der Waals surface area contributed by atoms with Gasteiger partial charge >= 0.3 is 0 Å². The summed E-state index contributed by atoms with van der Waals surface area (Å²) in [5.74, 6) is 0.456. The molecule has 0 spiro atoms. The summed E-state index contributed by atoms with van der Waals surface area (Å²) in [7, 11) is 0. The van der Waals surface area contributed by atoms with Gasteiger partial charge in [0.2, 0.25) is 0 Å². The second-order valence-corrected chi connectivity index (χ2v) is 2.75. The molecule has 2 rings (SSSR count). The summed E-state index contributed by atoms with van der Waals surface area (Å²) in [5.41, 5.74) is 7.87. The lowest BCUT2D eigenvalue weighted by Gasteiger charge is -1.94. The lowest BCUT2D eigenvalue weighted by Crippen LogP contribution is -1.87. The standard InChI is InChI=1S/C8H9N5/c1-5-3-11-7(4-10-5)6-2-8(9)13-12-6/h2-4H,1H3,(H3,9,12,13). The van der Waals surface area contributed by atoms with Gasteiger partial charge in [-0.3, -0.25) is 15.1 Å². The molecule has 0 bridgehead atoms. The van der Waals surface area contributed by atoms with Gasteiger partial charge in [-0.15, -0.1) is 0 Å². The first-order valence-electron chi connectivity index (χ1n) is 3.85. The Labute approximate surface area is 75.0 Å². The number of hydrogen-bond donors (Lipinski definition) is 2. The van der Waals surface area contributed by atoms with Crippen molar-refractivity contribution in [3.8, 4) is 11.4 Å². The van der Waals surface area contributed by atoms with Crippen LogP contribution in [0.4, 0.5) is 5.82 Å². The van der Waals surface area contributed by atoms with E-state index >= 15 is 0 Å². The molecule has 0 unspecified atom stereocenters. The third-order valence-corrected chi connectivity index (χ3v) is 1.65. The van der Waals surface area contributed by atoms with Crippen molar-refractivity contribution in [3.63, 3.8) is 0 Å². The van der Waals surface area contributed by atoms with Gasteiger partial charge in [-0.25, -0.2) is 0 Å². The van der Waals surface area contributed by atoms with Gasteiger partial charge in [0, 0.05) is 12.3 Å². The molecule has 0 fully saturated rings. The van der Waals surface area contributed by atoms with Gasteiger partial charge < -0.3 is 5.73 Å². The highest BCUT2D eigenvalue weighted by molar-refractivity contribution is 5.56. The van der Waals surface area contributed by atoms with E-state index in [1.807, 2.05) is 6.92 Å². The SMILES string of the molecule is Cc1cnc(-c2cc(N)n[nH]2)cn1. The van der Waals surface area contributed by atoms with Crippen LogP contribution in [0.15, 0.2) is 18.5 Å². The molecule has 2 aromatic heterocycles. The molecule has 0 aliphatic rings. The largest absolute Gasteiger partial charge is 0.382 e. The second kappa shape index (κ2) is 2.85. The Hall–Kier alpha value is -1.91. The van der Waals surface area contributed by atoms with Crippen LogP contribution < -0.4 is 5.73 Å². The number of aromatic amines is 1. The van der Waals surface area contributed by atoms with Crippen molar-refractivity contribution in [3.05, 3.63) is 24.2 Å². The molecule has 0 aliphatic heterocycles. The minimum Gasteiger partial charge on any atom is -0.382 e. The zero-order valence-corrected chi connectivity index (χ0v) is 7.15. The molecule has 0 saturated heterocycles. The fourth-order valence-corrected chi connectivity index (χ4v) is 1.00. The van der Waals surface area contributed by atoms with Crippen molar-refractivity contribution in [2.75, 3.05) is 5.73 Å². The predicted molar refractivity (Wildman–Crippen MR) is 48.8 cm³/mol. The second-order valence-electron chi connectivity index (χ2n) is 2.75. The van der Waals surface area contributed by atoms with Crippen LogP contribution >= 0.6 is 0 Å². The van der Waals surface area contributed by atoms with E-state index in [0.29, 0.717) is 5.82 Å². The first kappa shape index (κ1) is 7.72. The Balaban J connectivity index is 2.41. The van der Waals surface area contributed by atoms with Gasteiger partial charge in [0.15, 0.2) is 0 Å². The number of aromatic nitrogens is 4. The zero-order chi connectivity index (χ0) is 9.26. The number of rotatable bonds is 1. The summed E-state index contributed by atoms with van der Waals surface area (Å²) < 4.78 is 0. The van der Waals surface area contributed by atoms with E-state index in [4.69, 9.17) is 5.73 Å². The average molecular weight is 175 g/mol. The monoisotopic (exact) mass is 175 g/mol. The predicted octanol–water partition coefficient (Wildman–Crippen LogP) is 0.757. The molecule has 2 aromatic rings. The number of aryl methyl sites for hydroxylation is 1. The van der Waals surface area contributed by atoms with Crippen molar-refractivity contribution in [2.24, 2.45) is 0 Å². The summed E-state index contributed by atoms with van der Waals surface area (Å²) >= 11 is 0. The lowest BCUT2D eigenvalue weighted by atomic mass is 10.3. The fraction of sp³-hybridized carbons (Fsp3) is 0.125. The van der Waals surface area contributed by atoms with Crippen LogP contribution in [0.5, 0.6) is 0 Å². The minimum atomic E-state index is 0.456. The van der Waals surface area contributed by atoms with E-state index in [1.165, 1.54) is 0 Å². The summed E-state index contributed by atoms with van der Waals surface area (Å²) in [6.07, 6.45) is 3.38. The number of nitrogens with one attached hydrogen (secondary N) is 1. The molecule has 3 N–H and O–H groups in total. The van der Waals surface area contributed by atoms with Crippen LogP contribution in [0.3, 0.4) is 0 Å². The molecule has 66 valence electrons. The Bertz CT molecular complexity index is 403. The first-order chi connectivity index (χ1) is 6.25. The number of anilines is 1. The summed E-state index contributed by atoms with van der Waals surface area (Å²) in [5, 5.41) is 6.56. The molecule has 0 atom stereocenters. The van der Waals surface area contributed by atoms with Crippen LogP contribution in [-0.2, 0) is 0 Å². The molecular formula is C8H9N5. The van der Waals surface area contributed by atoms with Gasteiger partial charge in [0.1, 0.15) is 11.5 Å². The van der Waals surface area contributed by atoms with E-state index in [2.05, 4.69) is 20.2 Å². The van der Waals surface area contributed by atoms with E-state index in [9.17, 15) is 0 Å². The van der Waals surface area contributed by atoms with E-state index in [1.54, 1.807) is 18.5 Å². The Morgan fingerprint density at radius 3 is 2.69 bits per heavy atom. The van der Waals surface area contributed by atoms with Gasteiger partial charge in [0.25, 0.3) is 0 Å². The molecule has 0 aromatic carbocycles.